The van der Waals surface area contributed by atoms with Crippen LogP contribution in [0.4, 0.5) is 11.6 Å². The van der Waals surface area contributed by atoms with Crippen LogP contribution in [-0.2, 0) is 27.7 Å². The number of hydrogen-bond acceptors (Lipinski definition) is 10. The number of benzene rings is 2. The number of nitrogens with zero attached hydrogens (tertiary/aromatic N) is 6. The van der Waals surface area contributed by atoms with Crippen LogP contribution in [0.15, 0.2) is 59.8 Å². The van der Waals surface area contributed by atoms with Gasteiger partial charge < -0.3 is 19.3 Å². The Labute approximate surface area is 326 Å². The molecule has 12 nitrogen and oxygen atoms in total. The standard InChI is InChI=1S/C42H55N7O5S/c1-28-13-11-16-31(21-30-14-9-8-10-15-30)37(28)38-29(2)39-46-41(45-38)47-55(51,52)35-18-12-17-32(22-35)40(50)49(33(27-54-39)23-42(3,4)5)26-36-43-24-34(25-44-36)48(6)19-20-53-7/h11-13,16-18,22,24-25,30,33H,8-10,14-15,19-21,23,26-27H2,1-7H3,(H,45,46,47)/t33-/m1/s1. The van der Waals surface area contributed by atoms with E-state index < -0.39 is 16.1 Å². The first kappa shape index (κ1) is 40.1. The van der Waals surface area contributed by atoms with Crippen LogP contribution >= 0.6 is 0 Å². The molecule has 2 aliphatic rings. The fraction of sp³-hybridized carbons (Fsp3) is 0.500. The Kier molecular flexibility index (Phi) is 12.4. The van der Waals surface area contributed by atoms with E-state index in [4.69, 9.17) is 14.5 Å². The van der Waals surface area contributed by atoms with Gasteiger partial charge in [-0.05, 0) is 67.3 Å². The van der Waals surface area contributed by atoms with Gasteiger partial charge in [0.05, 0.1) is 47.9 Å². The van der Waals surface area contributed by atoms with Crippen LogP contribution in [0, 0.1) is 25.2 Å². The number of fused-ring (bicyclic) bond motifs is 4. The van der Waals surface area contributed by atoms with Gasteiger partial charge in [-0.25, -0.2) is 28.1 Å². The number of rotatable bonds is 10. The minimum atomic E-state index is -4.21. The van der Waals surface area contributed by atoms with Crippen molar-refractivity contribution >= 4 is 27.6 Å². The van der Waals surface area contributed by atoms with Crippen LogP contribution in [0.3, 0.4) is 0 Å². The highest BCUT2D eigenvalue weighted by molar-refractivity contribution is 7.92. The van der Waals surface area contributed by atoms with Gasteiger partial charge in [0.2, 0.25) is 11.8 Å². The Balaban J connectivity index is 1.45. The molecule has 4 bridgehead atoms. The lowest BCUT2D eigenvalue weighted by molar-refractivity contribution is 0.0504. The fourth-order valence-electron chi connectivity index (χ4n) is 7.65. The van der Waals surface area contributed by atoms with Crippen molar-refractivity contribution in [1.29, 1.82) is 0 Å². The second kappa shape index (κ2) is 17.0. The van der Waals surface area contributed by atoms with Crippen LogP contribution in [0.5, 0.6) is 5.88 Å². The molecule has 0 spiro atoms. The maximum absolute atomic E-state index is 14.6. The zero-order chi connectivity index (χ0) is 39.3. The van der Waals surface area contributed by atoms with Crippen LogP contribution < -0.4 is 14.4 Å². The van der Waals surface area contributed by atoms with Crippen molar-refractivity contribution in [3.8, 4) is 17.1 Å². The fourth-order valence-corrected chi connectivity index (χ4v) is 8.64. The van der Waals surface area contributed by atoms with Crippen LogP contribution in [-0.4, -0.2) is 79.1 Å². The number of carbonyl (C=O) groups excluding carboxylic acids is 1. The average Bonchev–Trinajstić information content (AvgIpc) is 3.15. The predicted octanol–water partition coefficient (Wildman–Crippen LogP) is 7.40. The van der Waals surface area contributed by atoms with E-state index in [0.29, 0.717) is 42.6 Å². The molecule has 6 rings (SSSR count). The third kappa shape index (κ3) is 9.80. The van der Waals surface area contributed by atoms with Gasteiger partial charge in [0.1, 0.15) is 12.4 Å². The number of carbonyl (C=O) groups is 1. The summed E-state index contributed by atoms with van der Waals surface area (Å²) < 4.78 is 42.5. The van der Waals surface area contributed by atoms with Crippen molar-refractivity contribution in [3.63, 3.8) is 0 Å². The molecule has 0 unspecified atom stereocenters. The molecule has 55 heavy (non-hydrogen) atoms. The molecule has 3 heterocycles. The number of amides is 1. The summed E-state index contributed by atoms with van der Waals surface area (Å²) in [5.41, 5.74) is 5.33. The van der Waals surface area contributed by atoms with E-state index in [2.05, 4.69) is 65.6 Å². The summed E-state index contributed by atoms with van der Waals surface area (Å²) in [6.07, 6.45) is 11.1. The first-order chi connectivity index (χ1) is 26.2. The smallest absolute Gasteiger partial charge is 0.264 e. The summed E-state index contributed by atoms with van der Waals surface area (Å²) in [6.45, 7) is 11.7. The van der Waals surface area contributed by atoms with Gasteiger partial charge in [0.15, 0.2) is 0 Å². The van der Waals surface area contributed by atoms with Crippen molar-refractivity contribution in [2.24, 2.45) is 11.3 Å². The van der Waals surface area contributed by atoms with E-state index >= 15 is 0 Å². The quantitative estimate of drug-likeness (QED) is 0.174. The zero-order valence-electron chi connectivity index (χ0n) is 33.3. The van der Waals surface area contributed by atoms with Crippen molar-refractivity contribution in [3.05, 3.63) is 82.9 Å². The molecule has 1 amide bonds. The van der Waals surface area contributed by atoms with Gasteiger partial charge in [-0.1, -0.05) is 77.1 Å². The van der Waals surface area contributed by atoms with Gasteiger partial charge in [0.25, 0.3) is 15.9 Å². The molecule has 2 aromatic carbocycles. The minimum Gasteiger partial charge on any atom is -0.475 e. The van der Waals surface area contributed by atoms with E-state index in [9.17, 15) is 13.2 Å². The first-order valence-electron chi connectivity index (χ1n) is 19.3. The number of likely N-dealkylation sites (N-methyl/N-ethyl adjacent to an activating group) is 1. The van der Waals surface area contributed by atoms with Crippen molar-refractivity contribution in [2.75, 3.05) is 43.5 Å². The molecule has 1 saturated carbocycles. The molecule has 13 heteroatoms. The Morgan fingerprint density at radius 3 is 2.45 bits per heavy atom. The molecule has 2 aromatic heterocycles. The van der Waals surface area contributed by atoms with Gasteiger partial charge in [0, 0.05) is 37.4 Å². The number of methoxy groups -OCH3 is 1. The third-order valence-electron chi connectivity index (χ3n) is 10.6. The Bertz CT molecular complexity index is 2080. The Morgan fingerprint density at radius 1 is 1.02 bits per heavy atom. The molecule has 0 saturated heterocycles. The highest BCUT2D eigenvalue weighted by Crippen LogP contribution is 2.37. The predicted molar refractivity (Wildman–Crippen MR) is 215 cm³/mol. The molecule has 1 aliphatic carbocycles. The summed E-state index contributed by atoms with van der Waals surface area (Å²) in [5.74, 6) is 0.830. The molecular formula is C42H55N7O5S. The molecule has 1 atom stereocenters. The number of nitrogens with one attached hydrogen (secondary N) is 1. The first-order valence-corrected chi connectivity index (χ1v) is 20.8. The number of aryl methyl sites for hydroxylation is 1. The van der Waals surface area contributed by atoms with Gasteiger partial charge >= 0.3 is 0 Å². The van der Waals surface area contributed by atoms with E-state index in [1.54, 1.807) is 36.5 Å². The van der Waals surface area contributed by atoms with Gasteiger partial charge in [-0.3, -0.25) is 4.79 Å². The minimum absolute atomic E-state index is 0.0766. The third-order valence-corrected chi connectivity index (χ3v) is 11.9. The molecule has 1 aliphatic heterocycles. The van der Waals surface area contributed by atoms with Crippen LogP contribution in [0.2, 0.25) is 0 Å². The molecular weight excluding hydrogens is 715 g/mol. The number of hydrogen-bond donors (Lipinski definition) is 1. The van der Waals surface area contributed by atoms with E-state index in [1.807, 2.05) is 18.9 Å². The SMILES string of the molecule is COCCN(C)c1cnc(CN2C(=O)c3cccc(c3)S(=O)(=O)Nc3nc(c(C)c(-c4c(C)cccc4CC4CCCCC4)n3)OC[C@H]2CC(C)(C)C)nc1. The summed E-state index contributed by atoms with van der Waals surface area (Å²) in [5, 5.41) is 0. The summed E-state index contributed by atoms with van der Waals surface area (Å²) in [4.78, 5) is 37.1. The lowest BCUT2D eigenvalue weighted by atomic mass is 9.82. The second-order valence-electron chi connectivity index (χ2n) is 16.2. The van der Waals surface area contributed by atoms with Gasteiger partial charge in [-0.2, -0.15) is 4.98 Å². The lowest BCUT2D eigenvalue weighted by Gasteiger charge is -2.35. The van der Waals surface area contributed by atoms with E-state index in [1.165, 1.54) is 49.8 Å². The highest BCUT2D eigenvalue weighted by atomic mass is 32.2. The topological polar surface area (TPSA) is 140 Å². The highest BCUT2D eigenvalue weighted by Gasteiger charge is 2.33. The largest absolute Gasteiger partial charge is 0.475 e. The number of anilines is 2. The maximum atomic E-state index is 14.6. The Morgan fingerprint density at radius 2 is 1.75 bits per heavy atom. The molecule has 1 N–H and O–H groups in total. The molecule has 0 radical (unpaired) electrons. The lowest BCUT2D eigenvalue weighted by Crippen LogP contribution is -2.45. The average molecular weight is 770 g/mol. The van der Waals surface area contributed by atoms with E-state index in [0.717, 1.165) is 23.2 Å². The summed E-state index contributed by atoms with van der Waals surface area (Å²) >= 11 is 0. The normalized spacial score (nSPS) is 17.7. The monoisotopic (exact) mass is 769 g/mol. The molecule has 4 aromatic rings. The Hall–Kier alpha value is -4.62. The van der Waals surface area contributed by atoms with Crippen molar-refractivity contribution in [1.82, 2.24) is 24.8 Å². The summed E-state index contributed by atoms with van der Waals surface area (Å²) in [7, 11) is -0.617. The number of ether oxygens (including phenoxy) is 2. The van der Waals surface area contributed by atoms with E-state index in [-0.39, 0.29) is 46.8 Å². The number of sulfonamides is 1. The van der Waals surface area contributed by atoms with Crippen LogP contribution in [0.25, 0.3) is 11.3 Å². The van der Waals surface area contributed by atoms with Gasteiger partial charge in [-0.15, -0.1) is 0 Å². The van der Waals surface area contributed by atoms with Crippen LogP contribution in [0.1, 0.15) is 92.2 Å². The maximum Gasteiger partial charge on any atom is 0.264 e. The second-order valence-corrected chi connectivity index (χ2v) is 17.9. The van der Waals surface area contributed by atoms with Crippen molar-refractivity contribution in [2.45, 2.75) is 97.0 Å². The zero-order valence-corrected chi connectivity index (χ0v) is 34.1. The van der Waals surface area contributed by atoms with Crippen molar-refractivity contribution < 1.29 is 22.7 Å². The summed E-state index contributed by atoms with van der Waals surface area (Å²) in [6, 6.07) is 11.9. The molecule has 1 fully saturated rings. The molecule has 294 valence electrons. The number of aromatic nitrogens is 4.